The highest BCUT2D eigenvalue weighted by Crippen LogP contribution is 2.37. The van der Waals surface area contributed by atoms with E-state index in [0.717, 1.165) is 5.56 Å². The van der Waals surface area contributed by atoms with Gasteiger partial charge < -0.3 is 24.3 Å². The van der Waals surface area contributed by atoms with Gasteiger partial charge in [-0.05, 0) is 73.5 Å². The van der Waals surface area contributed by atoms with E-state index in [9.17, 15) is 4.79 Å². The first-order chi connectivity index (χ1) is 13.8. The predicted molar refractivity (Wildman–Crippen MR) is 117 cm³/mol. The summed E-state index contributed by atoms with van der Waals surface area (Å²) < 4.78 is 22.8. The van der Waals surface area contributed by atoms with Gasteiger partial charge in [0, 0.05) is 5.56 Å². The zero-order chi connectivity index (χ0) is 21.6. The molecule has 1 N–H and O–H groups in total. The third kappa shape index (κ3) is 5.79. The van der Waals surface area contributed by atoms with Crippen LogP contribution in [-0.2, 0) is 0 Å². The molecule has 0 heterocycles. The number of amides is 1. The maximum Gasteiger partial charge on any atom is 0.251 e. The summed E-state index contributed by atoms with van der Waals surface area (Å²) in [5, 5.41) is 3.00. The molecule has 1 amide bonds. The SMILES string of the molecule is CCOc1c(Br)cc(C(=O)NC(C)c2ccc(OC(C)C)c(OC)c2)cc1OC. The second-order valence-corrected chi connectivity index (χ2v) is 7.55. The molecule has 158 valence electrons. The number of benzene rings is 2. The summed E-state index contributed by atoms with van der Waals surface area (Å²) in [7, 11) is 3.14. The average Bonchev–Trinajstić information content (AvgIpc) is 2.69. The van der Waals surface area contributed by atoms with E-state index in [4.69, 9.17) is 18.9 Å². The van der Waals surface area contributed by atoms with Crippen LogP contribution in [0.4, 0.5) is 0 Å². The number of ether oxygens (including phenoxy) is 4. The van der Waals surface area contributed by atoms with Crippen molar-refractivity contribution >= 4 is 21.8 Å². The van der Waals surface area contributed by atoms with Crippen LogP contribution in [0.25, 0.3) is 0 Å². The van der Waals surface area contributed by atoms with Crippen LogP contribution in [0.3, 0.4) is 0 Å². The lowest BCUT2D eigenvalue weighted by molar-refractivity contribution is 0.0939. The van der Waals surface area contributed by atoms with Crippen LogP contribution in [0.2, 0.25) is 0 Å². The van der Waals surface area contributed by atoms with E-state index in [2.05, 4.69) is 21.2 Å². The van der Waals surface area contributed by atoms with E-state index in [1.807, 2.05) is 45.9 Å². The number of carbonyl (C=O) groups is 1. The van der Waals surface area contributed by atoms with Crippen molar-refractivity contribution in [1.29, 1.82) is 0 Å². The molecule has 0 saturated carbocycles. The minimum Gasteiger partial charge on any atom is -0.493 e. The van der Waals surface area contributed by atoms with Gasteiger partial charge in [0.15, 0.2) is 23.0 Å². The largest absolute Gasteiger partial charge is 0.493 e. The van der Waals surface area contributed by atoms with Gasteiger partial charge in [-0.15, -0.1) is 0 Å². The fourth-order valence-electron chi connectivity index (χ4n) is 2.80. The first-order valence-electron chi connectivity index (χ1n) is 9.46. The summed E-state index contributed by atoms with van der Waals surface area (Å²) in [6, 6.07) is 8.79. The lowest BCUT2D eigenvalue weighted by Gasteiger charge is -2.19. The molecule has 6 nitrogen and oxygen atoms in total. The van der Waals surface area contributed by atoms with Crippen LogP contribution in [-0.4, -0.2) is 32.8 Å². The topological polar surface area (TPSA) is 66.0 Å². The second-order valence-electron chi connectivity index (χ2n) is 6.69. The molecule has 0 bridgehead atoms. The smallest absolute Gasteiger partial charge is 0.251 e. The minimum absolute atomic E-state index is 0.0416. The highest BCUT2D eigenvalue weighted by molar-refractivity contribution is 9.10. The van der Waals surface area contributed by atoms with Crippen LogP contribution >= 0.6 is 15.9 Å². The molecule has 0 radical (unpaired) electrons. The monoisotopic (exact) mass is 465 g/mol. The van der Waals surface area contributed by atoms with E-state index < -0.39 is 0 Å². The van der Waals surface area contributed by atoms with Crippen LogP contribution < -0.4 is 24.3 Å². The number of nitrogens with one attached hydrogen (secondary N) is 1. The number of halogens is 1. The van der Waals surface area contributed by atoms with Gasteiger partial charge in [-0.2, -0.15) is 0 Å². The van der Waals surface area contributed by atoms with E-state index in [1.165, 1.54) is 0 Å². The molecule has 0 aliphatic carbocycles. The molecule has 0 saturated heterocycles. The van der Waals surface area contributed by atoms with Crippen molar-refractivity contribution in [2.24, 2.45) is 0 Å². The summed E-state index contributed by atoms with van der Waals surface area (Å²) in [6.07, 6.45) is 0.0416. The Morgan fingerprint density at radius 2 is 1.72 bits per heavy atom. The molecule has 0 spiro atoms. The third-order valence-corrected chi connectivity index (χ3v) is 4.77. The molecule has 1 atom stereocenters. The Labute approximate surface area is 180 Å². The molecule has 0 fully saturated rings. The van der Waals surface area contributed by atoms with Gasteiger partial charge in [-0.1, -0.05) is 6.07 Å². The Morgan fingerprint density at radius 3 is 2.31 bits per heavy atom. The van der Waals surface area contributed by atoms with Gasteiger partial charge in [-0.25, -0.2) is 0 Å². The number of carbonyl (C=O) groups excluding carboxylic acids is 1. The molecule has 2 aromatic rings. The van der Waals surface area contributed by atoms with Crippen molar-refractivity contribution in [3.05, 3.63) is 45.9 Å². The normalized spacial score (nSPS) is 11.7. The predicted octanol–water partition coefficient (Wildman–Crippen LogP) is 5.14. The molecule has 1 unspecified atom stereocenters. The lowest BCUT2D eigenvalue weighted by atomic mass is 10.1. The fourth-order valence-corrected chi connectivity index (χ4v) is 3.36. The first-order valence-corrected chi connectivity index (χ1v) is 10.3. The van der Waals surface area contributed by atoms with Gasteiger partial charge >= 0.3 is 0 Å². The maximum atomic E-state index is 12.8. The van der Waals surface area contributed by atoms with Crippen molar-refractivity contribution in [2.45, 2.75) is 39.8 Å². The minimum atomic E-state index is -0.235. The first kappa shape index (κ1) is 22.9. The highest BCUT2D eigenvalue weighted by Gasteiger charge is 2.18. The number of hydrogen-bond acceptors (Lipinski definition) is 5. The third-order valence-electron chi connectivity index (χ3n) is 4.18. The Hall–Kier alpha value is -2.41. The van der Waals surface area contributed by atoms with Crippen LogP contribution in [0.1, 0.15) is 49.7 Å². The Morgan fingerprint density at radius 1 is 1.03 bits per heavy atom. The van der Waals surface area contributed by atoms with Gasteiger partial charge in [0.2, 0.25) is 0 Å². The van der Waals surface area contributed by atoms with E-state index in [-0.39, 0.29) is 18.1 Å². The van der Waals surface area contributed by atoms with Gasteiger partial charge in [0.1, 0.15) is 0 Å². The van der Waals surface area contributed by atoms with Crippen molar-refractivity contribution in [1.82, 2.24) is 5.32 Å². The number of hydrogen-bond donors (Lipinski definition) is 1. The lowest BCUT2D eigenvalue weighted by Crippen LogP contribution is -2.26. The summed E-state index contributed by atoms with van der Waals surface area (Å²) in [6.45, 7) is 8.21. The molecule has 0 aliphatic heterocycles. The molecule has 29 heavy (non-hydrogen) atoms. The highest BCUT2D eigenvalue weighted by atomic mass is 79.9. The van der Waals surface area contributed by atoms with E-state index in [0.29, 0.717) is 39.6 Å². The van der Waals surface area contributed by atoms with Crippen molar-refractivity contribution in [3.8, 4) is 23.0 Å². The zero-order valence-corrected chi connectivity index (χ0v) is 19.3. The maximum absolute atomic E-state index is 12.8. The summed E-state index contributed by atoms with van der Waals surface area (Å²) in [4.78, 5) is 12.8. The van der Waals surface area contributed by atoms with Crippen LogP contribution in [0.5, 0.6) is 23.0 Å². The Bertz CT molecular complexity index is 853. The summed E-state index contributed by atoms with van der Waals surface area (Å²) in [5.74, 6) is 2.15. The van der Waals surface area contributed by atoms with Gasteiger partial charge in [0.05, 0.1) is 37.4 Å². The standard InChI is InChI=1S/C22H28BrNO5/c1-7-28-21-17(23)10-16(12-20(21)27-6)22(25)24-14(4)15-8-9-18(29-13(2)3)19(11-15)26-5/h8-14H,7H2,1-6H3,(H,24,25). The fraction of sp³-hybridized carbons (Fsp3) is 0.409. The van der Waals surface area contributed by atoms with Crippen LogP contribution in [0.15, 0.2) is 34.8 Å². The molecule has 7 heteroatoms. The van der Waals surface area contributed by atoms with Crippen molar-refractivity contribution < 1.29 is 23.7 Å². The molecular weight excluding hydrogens is 438 g/mol. The average molecular weight is 466 g/mol. The van der Waals surface area contributed by atoms with Crippen molar-refractivity contribution in [2.75, 3.05) is 20.8 Å². The quantitative estimate of drug-likeness (QED) is 0.554. The second kappa shape index (κ2) is 10.4. The van der Waals surface area contributed by atoms with Crippen molar-refractivity contribution in [3.63, 3.8) is 0 Å². The summed E-state index contributed by atoms with van der Waals surface area (Å²) >= 11 is 3.45. The van der Waals surface area contributed by atoms with Gasteiger partial charge in [0.25, 0.3) is 5.91 Å². The molecule has 0 aliphatic rings. The molecule has 0 aromatic heterocycles. The number of methoxy groups -OCH3 is 2. The van der Waals surface area contributed by atoms with E-state index >= 15 is 0 Å². The molecular formula is C22H28BrNO5. The molecule has 2 rings (SSSR count). The Kier molecular flexibility index (Phi) is 8.20. The number of rotatable bonds is 9. The Balaban J connectivity index is 2.21. The van der Waals surface area contributed by atoms with E-state index in [1.54, 1.807) is 26.4 Å². The summed E-state index contributed by atoms with van der Waals surface area (Å²) in [5.41, 5.74) is 1.37. The molecule has 2 aromatic carbocycles. The van der Waals surface area contributed by atoms with Gasteiger partial charge in [-0.3, -0.25) is 4.79 Å². The van der Waals surface area contributed by atoms with Crippen LogP contribution in [0, 0.1) is 0 Å². The zero-order valence-electron chi connectivity index (χ0n) is 17.7.